The van der Waals surface area contributed by atoms with Gasteiger partial charge in [0.05, 0.1) is 19.3 Å². The van der Waals surface area contributed by atoms with Crippen LogP contribution in [0.15, 0.2) is 0 Å². The van der Waals surface area contributed by atoms with E-state index in [1.807, 2.05) is 13.8 Å². The van der Waals surface area contributed by atoms with Crippen molar-refractivity contribution < 1.29 is 19.4 Å². The van der Waals surface area contributed by atoms with Gasteiger partial charge in [0.15, 0.2) is 0 Å². The third-order valence-corrected chi connectivity index (χ3v) is 3.40. The van der Waals surface area contributed by atoms with Crippen LogP contribution in [0.4, 0.5) is 4.79 Å². The van der Waals surface area contributed by atoms with Crippen LogP contribution in [-0.2, 0) is 9.53 Å². The highest BCUT2D eigenvalue weighted by Gasteiger charge is 2.47. The highest BCUT2D eigenvalue weighted by molar-refractivity contribution is 5.79. The molecule has 2 unspecified atom stereocenters. The maximum atomic E-state index is 12.0. The maximum absolute atomic E-state index is 12.0. The summed E-state index contributed by atoms with van der Waals surface area (Å²) in [6.45, 7) is 7.15. The van der Waals surface area contributed by atoms with Gasteiger partial charge in [0.2, 0.25) is 0 Å². The van der Waals surface area contributed by atoms with Gasteiger partial charge in [-0.05, 0) is 20.3 Å². The third kappa shape index (κ3) is 2.93. The van der Waals surface area contributed by atoms with E-state index in [0.717, 1.165) is 6.42 Å². The van der Waals surface area contributed by atoms with Crippen molar-refractivity contribution in [2.75, 3.05) is 26.3 Å². The Morgan fingerprint density at radius 3 is 2.67 bits per heavy atom. The molecular weight excluding hydrogens is 236 g/mol. The second-order valence-corrected chi connectivity index (χ2v) is 4.82. The number of carbonyl (C=O) groups is 2. The molecule has 0 aromatic heterocycles. The van der Waals surface area contributed by atoms with Gasteiger partial charge in [-0.2, -0.15) is 0 Å². The highest BCUT2D eigenvalue weighted by Crippen LogP contribution is 2.28. The number of hydrogen-bond donors (Lipinski definition) is 2. The zero-order valence-corrected chi connectivity index (χ0v) is 11.2. The fraction of sp³-hybridized carbons (Fsp3) is 0.833. The number of urea groups is 1. The molecule has 6 heteroatoms. The van der Waals surface area contributed by atoms with Crippen molar-refractivity contribution in [1.82, 2.24) is 10.2 Å². The van der Waals surface area contributed by atoms with Crippen molar-refractivity contribution >= 4 is 12.0 Å². The molecule has 0 radical (unpaired) electrons. The fourth-order valence-corrected chi connectivity index (χ4v) is 2.00. The smallest absolute Gasteiger partial charge is 0.317 e. The molecule has 2 atom stereocenters. The Hall–Kier alpha value is -1.30. The highest BCUT2D eigenvalue weighted by atomic mass is 16.5. The topological polar surface area (TPSA) is 78.9 Å². The summed E-state index contributed by atoms with van der Waals surface area (Å²) >= 11 is 0. The minimum absolute atomic E-state index is 0.132. The van der Waals surface area contributed by atoms with E-state index in [2.05, 4.69) is 5.32 Å². The largest absolute Gasteiger partial charge is 0.481 e. The van der Waals surface area contributed by atoms with E-state index < -0.39 is 17.4 Å². The molecule has 0 aliphatic carbocycles. The first-order valence-electron chi connectivity index (χ1n) is 6.32. The molecule has 6 nitrogen and oxygen atoms in total. The van der Waals surface area contributed by atoms with Crippen molar-refractivity contribution in [3.05, 3.63) is 0 Å². The second kappa shape index (κ2) is 6.04. The SMILES string of the molecule is CCCN(CC)C(=O)NC1COCC1(C)C(=O)O. The van der Waals surface area contributed by atoms with Gasteiger partial charge in [-0.1, -0.05) is 6.92 Å². The summed E-state index contributed by atoms with van der Waals surface area (Å²) in [6, 6.07) is -0.698. The Labute approximate surface area is 107 Å². The number of aliphatic carboxylic acids is 1. The van der Waals surface area contributed by atoms with Crippen LogP contribution in [0.25, 0.3) is 0 Å². The van der Waals surface area contributed by atoms with Gasteiger partial charge in [-0.3, -0.25) is 4.79 Å². The Morgan fingerprint density at radius 1 is 1.50 bits per heavy atom. The first-order valence-corrected chi connectivity index (χ1v) is 6.32. The predicted octanol–water partition coefficient (Wildman–Crippen LogP) is 0.918. The van der Waals surface area contributed by atoms with Gasteiger partial charge in [0.1, 0.15) is 5.41 Å². The lowest BCUT2D eigenvalue weighted by Gasteiger charge is -2.28. The minimum Gasteiger partial charge on any atom is -0.481 e. The Kier molecular flexibility index (Phi) is 4.95. The minimum atomic E-state index is -1.04. The molecular formula is C12H22N2O4. The molecule has 2 amide bonds. The van der Waals surface area contributed by atoms with Gasteiger partial charge in [0, 0.05) is 13.1 Å². The van der Waals surface area contributed by atoms with Crippen molar-refractivity contribution in [3.63, 3.8) is 0 Å². The van der Waals surface area contributed by atoms with E-state index in [0.29, 0.717) is 13.1 Å². The van der Waals surface area contributed by atoms with Crippen LogP contribution in [0.3, 0.4) is 0 Å². The van der Waals surface area contributed by atoms with Gasteiger partial charge in [-0.15, -0.1) is 0 Å². The van der Waals surface area contributed by atoms with Crippen molar-refractivity contribution in [1.29, 1.82) is 0 Å². The molecule has 1 heterocycles. The van der Waals surface area contributed by atoms with Crippen molar-refractivity contribution in [3.8, 4) is 0 Å². The molecule has 1 fully saturated rings. The maximum Gasteiger partial charge on any atom is 0.317 e. The number of nitrogens with one attached hydrogen (secondary N) is 1. The van der Waals surface area contributed by atoms with E-state index in [9.17, 15) is 14.7 Å². The quantitative estimate of drug-likeness (QED) is 0.768. The molecule has 1 aliphatic rings. The number of ether oxygens (including phenoxy) is 1. The van der Waals surface area contributed by atoms with Gasteiger partial charge < -0.3 is 20.1 Å². The molecule has 0 saturated carbocycles. The molecule has 104 valence electrons. The van der Waals surface area contributed by atoms with Crippen LogP contribution in [0.5, 0.6) is 0 Å². The number of rotatable bonds is 5. The Balaban J connectivity index is 2.66. The van der Waals surface area contributed by atoms with Crippen LogP contribution in [0, 0.1) is 5.41 Å². The van der Waals surface area contributed by atoms with Gasteiger partial charge in [0.25, 0.3) is 0 Å². The van der Waals surface area contributed by atoms with E-state index in [1.165, 1.54) is 0 Å². The summed E-state index contributed by atoms with van der Waals surface area (Å²) in [7, 11) is 0. The lowest BCUT2D eigenvalue weighted by molar-refractivity contribution is -0.148. The lowest BCUT2D eigenvalue weighted by Crippen LogP contribution is -2.53. The predicted molar refractivity (Wildman–Crippen MR) is 66.4 cm³/mol. The summed E-state index contributed by atoms with van der Waals surface area (Å²) in [5.74, 6) is -0.941. The second-order valence-electron chi connectivity index (χ2n) is 4.82. The number of carboxylic acid groups (broad SMARTS) is 1. The van der Waals surface area contributed by atoms with Gasteiger partial charge in [-0.25, -0.2) is 4.79 Å². The van der Waals surface area contributed by atoms with E-state index in [1.54, 1.807) is 11.8 Å². The molecule has 1 saturated heterocycles. The van der Waals surface area contributed by atoms with Crippen LogP contribution < -0.4 is 5.32 Å². The molecule has 0 bridgehead atoms. The van der Waals surface area contributed by atoms with E-state index in [-0.39, 0.29) is 19.2 Å². The third-order valence-electron chi connectivity index (χ3n) is 3.40. The number of carbonyl (C=O) groups excluding carboxylic acids is 1. The fourth-order valence-electron chi connectivity index (χ4n) is 2.00. The summed E-state index contributed by atoms with van der Waals surface area (Å²) < 4.78 is 5.19. The van der Waals surface area contributed by atoms with Crippen molar-refractivity contribution in [2.45, 2.75) is 33.2 Å². The zero-order chi connectivity index (χ0) is 13.8. The average molecular weight is 258 g/mol. The van der Waals surface area contributed by atoms with E-state index >= 15 is 0 Å². The van der Waals surface area contributed by atoms with Gasteiger partial charge >= 0.3 is 12.0 Å². The molecule has 18 heavy (non-hydrogen) atoms. The first-order chi connectivity index (χ1) is 8.45. The molecule has 2 N–H and O–H groups in total. The summed E-state index contributed by atoms with van der Waals surface area (Å²) in [5, 5.41) is 12.0. The Morgan fingerprint density at radius 2 is 2.17 bits per heavy atom. The molecule has 0 aromatic carbocycles. The zero-order valence-electron chi connectivity index (χ0n) is 11.2. The standard InChI is InChI=1S/C12H22N2O4/c1-4-6-14(5-2)11(17)13-9-7-18-8-12(9,3)10(15)16/h9H,4-8H2,1-3H3,(H,13,17)(H,15,16). The van der Waals surface area contributed by atoms with E-state index in [4.69, 9.17) is 4.74 Å². The number of nitrogens with zero attached hydrogens (tertiary/aromatic N) is 1. The van der Waals surface area contributed by atoms with Crippen LogP contribution in [0.1, 0.15) is 27.2 Å². The first kappa shape index (κ1) is 14.8. The monoisotopic (exact) mass is 258 g/mol. The normalized spacial score (nSPS) is 26.9. The molecule has 0 aromatic rings. The lowest BCUT2D eigenvalue weighted by atomic mass is 9.85. The number of amides is 2. The number of carboxylic acids is 1. The van der Waals surface area contributed by atoms with Crippen molar-refractivity contribution in [2.24, 2.45) is 5.41 Å². The van der Waals surface area contributed by atoms with Crippen LogP contribution in [-0.4, -0.2) is 54.4 Å². The summed E-state index contributed by atoms with van der Waals surface area (Å²) in [4.78, 5) is 24.9. The molecule has 1 rings (SSSR count). The average Bonchev–Trinajstić information content (AvgIpc) is 2.69. The molecule has 1 aliphatic heterocycles. The Bertz CT molecular complexity index is 321. The van der Waals surface area contributed by atoms with Crippen LogP contribution in [0.2, 0.25) is 0 Å². The summed E-state index contributed by atoms with van der Waals surface area (Å²) in [6.07, 6.45) is 0.874. The summed E-state index contributed by atoms with van der Waals surface area (Å²) in [5.41, 5.74) is -1.04. The molecule has 0 spiro atoms. The van der Waals surface area contributed by atoms with Crippen LogP contribution >= 0.6 is 0 Å². The number of hydrogen-bond acceptors (Lipinski definition) is 3.